The van der Waals surface area contributed by atoms with Gasteiger partial charge >= 0.3 is 0 Å². The molecule has 148 valence electrons. The summed E-state index contributed by atoms with van der Waals surface area (Å²) in [6.45, 7) is 3.55. The second kappa shape index (κ2) is 9.16. The molecule has 1 aromatic heterocycles. The summed E-state index contributed by atoms with van der Waals surface area (Å²) in [6.07, 6.45) is 4.81. The van der Waals surface area contributed by atoms with Crippen LogP contribution in [0, 0.1) is 5.92 Å². The third kappa shape index (κ3) is 4.99. The zero-order valence-corrected chi connectivity index (χ0v) is 17.2. The quantitative estimate of drug-likeness (QED) is 0.761. The lowest BCUT2D eigenvalue weighted by atomic mass is 9.96. The van der Waals surface area contributed by atoms with Crippen LogP contribution in [0.15, 0.2) is 51.4 Å². The van der Waals surface area contributed by atoms with E-state index >= 15 is 0 Å². The number of hydrogen-bond donors (Lipinski definition) is 1. The first-order valence-corrected chi connectivity index (χ1v) is 11.0. The smallest absolute Gasteiger partial charge is 0.233 e. The average Bonchev–Trinajstić information content (AvgIpc) is 3.37. The number of hydrogen-bond acceptors (Lipinski definition) is 5. The molecule has 28 heavy (non-hydrogen) atoms. The average molecular weight is 418 g/mol. The van der Waals surface area contributed by atoms with Gasteiger partial charge in [-0.2, -0.15) is 0 Å². The first-order chi connectivity index (χ1) is 13.7. The molecule has 1 aromatic carbocycles. The van der Waals surface area contributed by atoms with E-state index in [9.17, 15) is 4.79 Å². The molecule has 4 rings (SSSR count). The van der Waals surface area contributed by atoms with Gasteiger partial charge in [0.2, 0.25) is 5.91 Å². The van der Waals surface area contributed by atoms with E-state index in [1.54, 1.807) is 0 Å². The van der Waals surface area contributed by atoms with E-state index in [1.807, 2.05) is 42.5 Å². The molecule has 2 aliphatic rings. The van der Waals surface area contributed by atoms with E-state index in [0.717, 1.165) is 66.8 Å². The number of piperidine rings is 1. The van der Waals surface area contributed by atoms with E-state index in [0.29, 0.717) is 5.92 Å². The second-order valence-corrected chi connectivity index (χ2v) is 9.24. The minimum Gasteiger partial charge on any atom is -0.359 e. The number of allylic oxidation sites excluding steroid dienone is 1. The lowest BCUT2D eigenvalue weighted by Gasteiger charge is -2.31. The summed E-state index contributed by atoms with van der Waals surface area (Å²) >= 11 is 7.40. The van der Waals surface area contributed by atoms with Crippen LogP contribution in [0.4, 0.5) is 0 Å². The van der Waals surface area contributed by atoms with E-state index in [2.05, 4.69) is 15.4 Å². The van der Waals surface area contributed by atoms with Gasteiger partial charge in [0, 0.05) is 18.2 Å². The number of thioether (sulfide) groups is 1. The highest BCUT2D eigenvalue weighted by molar-refractivity contribution is 8.06. The van der Waals surface area contributed by atoms with E-state index in [-0.39, 0.29) is 11.2 Å². The summed E-state index contributed by atoms with van der Waals surface area (Å²) in [5.41, 5.74) is 1.96. The van der Waals surface area contributed by atoms with Crippen molar-refractivity contribution in [3.63, 3.8) is 0 Å². The lowest BCUT2D eigenvalue weighted by molar-refractivity contribution is -0.120. The van der Waals surface area contributed by atoms with Gasteiger partial charge in [-0.25, -0.2) is 0 Å². The molecule has 0 spiro atoms. The van der Waals surface area contributed by atoms with Crippen molar-refractivity contribution in [1.82, 2.24) is 15.4 Å². The predicted octanol–water partition coefficient (Wildman–Crippen LogP) is 4.26. The number of carbonyl (C=O) groups excluding carboxylic acids is 1. The molecular formula is C21H24ClN3O2S. The topological polar surface area (TPSA) is 58.4 Å². The first-order valence-electron chi connectivity index (χ1n) is 9.71. The van der Waals surface area contributed by atoms with Gasteiger partial charge in [0.05, 0.1) is 16.2 Å². The Kier molecular flexibility index (Phi) is 6.40. The monoisotopic (exact) mass is 417 g/mol. The number of aromatic nitrogens is 1. The molecule has 0 bridgehead atoms. The van der Waals surface area contributed by atoms with Crippen molar-refractivity contribution in [1.29, 1.82) is 0 Å². The fourth-order valence-corrected chi connectivity index (χ4v) is 4.91. The molecule has 2 aromatic rings. The van der Waals surface area contributed by atoms with Gasteiger partial charge in [0.1, 0.15) is 5.69 Å². The highest BCUT2D eigenvalue weighted by Gasteiger charge is 2.26. The molecule has 1 saturated heterocycles. The Bertz CT molecular complexity index is 831. The summed E-state index contributed by atoms with van der Waals surface area (Å²) in [6, 6.07) is 12.1. The number of likely N-dealkylation sites (tertiary alicyclic amines) is 1. The maximum Gasteiger partial charge on any atom is 0.233 e. The van der Waals surface area contributed by atoms with Crippen LogP contribution in [0.2, 0.25) is 0 Å². The maximum absolute atomic E-state index is 12.2. The molecule has 1 N–H and O–H groups in total. The number of amides is 1. The summed E-state index contributed by atoms with van der Waals surface area (Å²) in [5.74, 6) is 1.53. The molecule has 1 fully saturated rings. The predicted molar refractivity (Wildman–Crippen MR) is 113 cm³/mol. The Balaban J connectivity index is 1.20. The Morgan fingerprint density at radius 1 is 1.29 bits per heavy atom. The van der Waals surface area contributed by atoms with Crippen LogP contribution in [0.3, 0.4) is 0 Å². The standard InChI is InChI=1S/C21H24ClN3O2S/c22-20-7-6-19(28-20)21(26)23-13-15-8-10-25(11-9-15)14-17-12-18(24-27-17)16-4-2-1-3-5-16/h1-5,7,12,15,19H,6,8-11,13-14H2,(H,23,26). The van der Waals surface area contributed by atoms with Crippen molar-refractivity contribution >= 4 is 29.3 Å². The highest BCUT2D eigenvalue weighted by atomic mass is 35.5. The third-order valence-corrected chi connectivity index (χ3v) is 6.82. The minimum absolute atomic E-state index is 0.0575. The molecule has 1 atom stereocenters. The summed E-state index contributed by atoms with van der Waals surface area (Å²) in [7, 11) is 0. The summed E-state index contributed by atoms with van der Waals surface area (Å²) in [4.78, 5) is 14.6. The van der Waals surface area contributed by atoms with Crippen LogP contribution in [0.25, 0.3) is 11.3 Å². The first kappa shape index (κ1) is 19.6. The second-order valence-electron chi connectivity index (χ2n) is 7.36. The maximum atomic E-state index is 12.2. The third-order valence-electron chi connectivity index (χ3n) is 5.32. The van der Waals surface area contributed by atoms with E-state index in [1.165, 1.54) is 11.8 Å². The summed E-state index contributed by atoms with van der Waals surface area (Å²) < 4.78 is 6.26. The van der Waals surface area contributed by atoms with Gasteiger partial charge < -0.3 is 9.84 Å². The SMILES string of the molecule is O=C(NCC1CCN(Cc2cc(-c3ccccc3)no2)CC1)C1CC=C(Cl)S1. The van der Waals surface area contributed by atoms with Gasteiger partial charge in [-0.15, -0.1) is 11.8 Å². The Morgan fingerprint density at radius 2 is 2.07 bits per heavy atom. The fraction of sp³-hybridized carbons (Fsp3) is 0.429. The van der Waals surface area contributed by atoms with Crippen molar-refractivity contribution in [2.24, 2.45) is 5.92 Å². The van der Waals surface area contributed by atoms with Crippen molar-refractivity contribution in [3.8, 4) is 11.3 Å². The van der Waals surface area contributed by atoms with Gasteiger partial charge in [-0.3, -0.25) is 9.69 Å². The molecule has 0 aliphatic carbocycles. The largest absolute Gasteiger partial charge is 0.359 e. The van der Waals surface area contributed by atoms with Crippen LogP contribution >= 0.6 is 23.4 Å². The van der Waals surface area contributed by atoms with Gasteiger partial charge in [-0.05, 0) is 38.3 Å². The number of carbonyl (C=O) groups is 1. The minimum atomic E-state index is -0.0575. The number of nitrogens with one attached hydrogen (secondary N) is 1. The van der Waals surface area contributed by atoms with Gasteiger partial charge in [0.15, 0.2) is 5.76 Å². The van der Waals surface area contributed by atoms with Crippen LogP contribution in [0.1, 0.15) is 25.0 Å². The molecule has 5 nitrogen and oxygen atoms in total. The van der Waals surface area contributed by atoms with Crippen molar-refractivity contribution in [2.75, 3.05) is 19.6 Å². The lowest BCUT2D eigenvalue weighted by Crippen LogP contribution is -2.40. The molecule has 1 unspecified atom stereocenters. The number of halogens is 1. The zero-order chi connectivity index (χ0) is 19.3. The Morgan fingerprint density at radius 3 is 2.79 bits per heavy atom. The highest BCUT2D eigenvalue weighted by Crippen LogP contribution is 2.34. The van der Waals surface area contributed by atoms with E-state index in [4.69, 9.17) is 16.1 Å². The molecule has 7 heteroatoms. The molecule has 1 amide bonds. The van der Waals surface area contributed by atoms with Crippen molar-refractivity contribution in [3.05, 3.63) is 52.6 Å². The molecule has 2 aliphatic heterocycles. The van der Waals surface area contributed by atoms with E-state index < -0.39 is 0 Å². The number of nitrogens with zero attached hydrogens (tertiary/aromatic N) is 2. The number of rotatable bonds is 6. The summed E-state index contributed by atoms with van der Waals surface area (Å²) in [5, 5.41) is 7.24. The van der Waals surface area contributed by atoms with Crippen LogP contribution in [-0.4, -0.2) is 40.8 Å². The Hall–Kier alpha value is -1.76. The van der Waals surface area contributed by atoms with Crippen molar-refractivity contribution < 1.29 is 9.32 Å². The molecule has 0 saturated carbocycles. The normalized spacial score (nSPS) is 20.9. The molecular weight excluding hydrogens is 394 g/mol. The Labute approximate surface area is 174 Å². The molecule has 3 heterocycles. The number of benzene rings is 1. The van der Waals surface area contributed by atoms with Gasteiger partial charge in [0.25, 0.3) is 0 Å². The van der Waals surface area contributed by atoms with Crippen LogP contribution in [-0.2, 0) is 11.3 Å². The van der Waals surface area contributed by atoms with Crippen LogP contribution < -0.4 is 5.32 Å². The van der Waals surface area contributed by atoms with Gasteiger partial charge in [-0.1, -0.05) is 53.2 Å². The van der Waals surface area contributed by atoms with Crippen LogP contribution in [0.5, 0.6) is 0 Å². The fourth-order valence-electron chi connectivity index (χ4n) is 3.65. The zero-order valence-electron chi connectivity index (χ0n) is 15.6. The van der Waals surface area contributed by atoms with Crippen molar-refractivity contribution in [2.45, 2.75) is 31.1 Å². The molecule has 0 radical (unpaired) electrons.